The van der Waals surface area contributed by atoms with Gasteiger partial charge in [0.1, 0.15) is 18.0 Å². The van der Waals surface area contributed by atoms with E-state index in [-0.39, 0.29) is 0 Å². The van der Waals surface area contributed by atoms with E-state index in [1.165, 1.54) is 24.1 Å². The van der Waals surface area contributed by atoms with E-state index in [4.69, 9.17) is 4.74 Å². The van der Waals surface area contributed by atoms with Crippen molar-refractivity contribution in [1.82, 2.24) is 9.97 Å². The smallest absolute Gasteiger partial charge is 0.134 e. The number of nitrogens with zero attached hydrogens (tertiary/aromatic N) is 4. The summed E-state index contributed by atoms with van der Waals surface area (Å²) < 4.78 is 5.41. The molecule has 0 aliphatic carbocycles. The summed E-state index contributed by atoms with van der Waals surface area (Å²) in [7, 11) is 0. The average molecular weight is 339 g/mol. The predicted octanol–water partition coefficient (Wildman–Crippen LogP) is 2.53. The highest BCUT2D eigenvalue weighted by molar-refractivity contribution is 5.51. The maximum absolute atomic E-state index is 5.41. The van der Waals surface area contributed by atoms with Crippen LogP contribution in [0.5, 0.6) is 0 Å². The Kier molecular flexibility index (Phi) is 4.97. The quantitative estimate of drug-likeness (QED) is 0.903. The fourth-order valence-corrected chi connectivity index (χ4v) is 3.40. The molecule has 132 valence electrons. The second-order valence-corrected chi connectivity index (χ2v) is 6.58. The van der Waals surface area contributed by atoms with E-state index in [2.05, 4.69) is 49.4 Å². The van der Waals surface area contributed by atoms with E-state index >= 15 is 0 Å². The molecule has 6 heteroatoms. The van der Waals surface area contributed by atoms with Crippen LogP contribution in [0.15, 0.2) is 36.7 Å². The van der Waals surface area contributed by atoms with Crippen molar-refractivity contribution in [2.75, 3.05) is 54.5 Å². The minimum Gasteiger partial charge on any atom is -0.378 e. The summed E-state index contributed by atoms with van der Waals surface area (Å²) in [5.41, 5.74) is 2.52. The van der Waals surface area contributed by atoms with Crippen molar-refractivity contribution < 1.29 is 4.74 Å². The van der Waals surface area contributed by atoms with Crippen LogP contribution in [-0.4, -0.2) is 49.4 Å². The Balaban J connectivity index is 1.35. The predicted molar refractivity (Wildman–Crippen MR) is 100 cm³/mol. The fraction of sp³-hybridized carbons (Fsp3) is 0.474. The number of nitrogens with one attached hydrogen (secondary N) is 1. The van der Waals surface area contributed by atoms with Crippen LogP contribution in [0.3, 0.4) is 0 Å². The van der Waals surface area contributed by atoms with E-state index in [1.807, 2.05) is 6.07 Å². The zero-order chi connectivity index (χ0) is 16.9. The van der Waals surface area contributed by atoms with Crippen LogP contribution in [0, 0.1) is 0 Å². The number of hydrogen-bond donors (Lipinski definition) is 1. The van der Waals surface area contributed by atoms with Crippen LogP contribution < -0.4 is 15.1 Å². The first-order valence-electron chi connectivity index (χ1n) is 9.11. The Labute approximate surface area is 148 Å². The van der Waals surface area contributed by atoms with Gasteiger partial charge in [-0.2, -0.15) is 0 Å². The number of ether oxygens (including phenoxy) is 1. The number of aromatic nitrogens is 2. The van der Waals surface area contributed by atoms with Crippen LogP contribution in [0.2, 0.25) is 0 Å². The van der Waals surface area contributed by atoms with Crippen LogP contribution in [0.25, 0.3) is 0 Å². The fourth-order valence-electron chi connectivity index (χ4n) is 3.40. The van der Waals surface area contributed by atoms with Crippen LogP contribution in [0.1, 0.15) is 18.4 Å². The average Bonchev–Trinajstić information content (AvgIpc) is 3.23. The molecular weight excluding hydrogens is 314 g/mol. The van der Waals surface area contributed by atoms with Gasteiger partial charge in [-0.05, 0) is 30.5 Å². The molecule has 2 aromatic rings. The lowest BCUT2D eigenvalue weighted by Crippen LogP contribution is -2.36. The first kappa shape index (κ1) is 16.1. The molecule has 0 radical (unpaired) electrons. The van der Waals surface area contributed by atoms with Gasteiger partial charge in [-0.15, -0.1) is 0 Å². The lowest BCUT2D eigenvalue weighted by atomic mass is 10.2. The van der Waals surface area contributed by atoms with Gasteiger partial charge in [-0.25, -0.2) is 9.97 Å². The Morgan fingerprint density at radius 3 is 2.44 bits per heavy atom. The van der Waals surface area contributed by atoms with Gasteiger partial charge in [-0.1, -0.05) is 12.1 Å². The maximum Gasteiger partial charge on any atom is 0.134 e. The Bertz CT molecular complexity index is 678. The first-order valence-corrected chi connectivity index (χ1v) is 9.11. The van der Waals surface area contributed by atoms with Crippen molar-refractivity contribution in [1.29, 1.82) is 0 Å². The van der Waals surface area contributed by atoms with Crippen molar-refractivity contribution in [3.63, 3.8) is 0 Å². The van der Waals surface area contributed by atoms with Crippen LogP contribution in [-0.2, 0) is 11.3 Å². The molecule has 0 saturated carbocycles. The molecule has 2 aliphatic heterocycles. The Morgan fingerprint density at radius 1 is 0.920 bits per heavy atom. The highest BCUT2D eigenvalue weighted by Gasteiger charge is 2.14. The van der Waals surface area contributed by atoms with Crippen LogP contribution in [0.4, 0.5) is 17.3 Å². The molecule has 0 amide bonds. The molecule has 2 aliphatic rings. The van der Waals surface area contributed by atoms with Crippen molar-refractivity contribution in [3.05, 3.63) is 42.2 Å². The molecule has 0 unspecified atom stereocenters. The summed E-state index contributed by atoms with van der Waals surface area (Å²) in [6.07, 6.45) is 4.15. The van der Waals surface area contributed by atoms with E-state index in [0.29, 0.717) is 0 Å². The molecule has 0 spiro atoms. The summed E-state index contributed by atoms with van der Waals surface area (Å²) in [6, 6.07) is 10.8. The minimum atomic E-state index is 0.764. The lowest BCUT2D eigenvalue weighted by molar-refractivity contribution is 0.122. The molecule has 1 aromatic carbocycles. The maximum atomic E-state index is 5.41. The number of anilines is 3. The minimum absolute atomic E-state index is 0.764. The van der Waals surface area contributed by atoms with Gasteiger partial charge in [0.05, 0.1) is 13.2 Å². The third-order valence-electron chi connectivity index (χ3n) is 4.87. The summed E-state index contributed by atoms with van der Waals surface area (Å²) in [6.45, 7) is 6.53. The SMILES string of the molecule is c1nc(NCc2ccc(N3CCOCC3)cc2)cc(N2CCCC2)n1. The van der Waals surface area contributed by atoms with Gasteiger partial charge in [0.2, 0.25) is 0 Å². The molecule has 0 bridgehead atoms. The monoisotopic (exact) mass is 339 g/mol. The van der Waals surface area contributed by atoms with Crippen molar-refractivity contribution >= 4 is 17.3 Å². The zero-order valence-corrected chi connectivity index (χ0v) is 14.5. The summed E-state index contributed by atoms with van der Waals surface area (Å²) >= 11 is 0. The van der Waals surface area contributed by atoms with Gasteiger partial charge in [0.25, 0.3) is 0 Å². The van der Waals surface area contributed by atoms with Gasteiger partial charge >= 0.3 is 0 Å². The van der Waals surface area contributed by atoms with E-state index in [0.717, 1.165) is 57.6 Å². The van der Waals surface area contributed by atoms with Crippen molar-refractivity contribution in [3.8, 4) is 0 Å². The summed E-state index contributed by atoms with van der Waals surface area (Å²) in [5.74, 6) is 1.91. The van der Waals surface area contributed by atoms with Gasteiger partial charge in [0, 0.05) is 44.5 Å². The van der Waals surface area contributed by atoms with Gasteiger partial charge in [0.15, 0.2) is 0 Å². The molecule has 3 heterocycles. The third-order valence-corrected chi connectivity index (χ3v) is 4.87. The van der Waals surface area contributed by atoms with Crippen molar-refractivity contribution in [2.45, 2.75) is 19.4 Å². The Morgan fingerprint density at radius 2 is 1.68 bits per heavy atom. The van der Waals surface area contributed by atoms with Crippen molar-refractivity contribution in [2.24, 2.45) is 0 Å². The molecule has 0 atom stereocenters. The third kappa shape index (κ3) is 4.02. The first-order chi connectivity index (χ1) is 12.4. The normalized spacial score (nSPS) is 17.8. The number of rotatable bonds is 5. The number of morpholine rings is 1. The van der Waals surface area contributed by atoms with Gasteiger partial charge in [-0.3, -0.25) is 0 Å². The van der Waals surface area contributed by atoms with E-state index in [9.17, 15) is 0 Å². The molecule has 1 N–H and O–H groups in total. The second kappa shape index (κ2) is 7.70. The van der Waals surface area contributed by atoms with Gasteiger partial charge < -0.3 is 19.9 Å². The van der Waals surface area contributed by atoms with E-state index in [1.54, 1.807) is 6.33 Å². The lowest BCUT2D eigenvalue weighted by Gasteiger charge is -2.28. The molecule has 4 rings (SSSR count). The molecule has 1 aromatic heterocycles. The topological polar surface area (TPSA) is 53.5 Å². The Hall–Kier alpha value is -2.34. The standard InChI is InChI=1S/C19H25N5O/c1-2-8-24(7-1)19-13-18(21-15-22-19)20-14-16-3-5-17(6-4-16)23-9-11-25-12-10-23/h3-6,13,15H,1-2,7-12,14H2,(H,20,21,22). The summed E-state index contributed by atoms with van der Waals surface area (Å²) in [5, 5.41) is 3.41. The highest BCUT2D eigenvalue weighted by atomic mass is 16.5. The highest BCUT2D eigenvalue weighted by Crippen LogP contribution is 2.20. The van der Waals surface area contributed by atoms with Crippen LogP contribution >= 0.6 is 0 Å². The zero-order valence-electron chi connectivity index (χ0n) is 14.5. The summed E-state index contributed by atoms with van der Waals surface area (Å²) in [4.78, 5) is 13.4. The molecule has 25 heavy (non-hydrogen) atoms. The number of benzene rings is 1. The second-order valence-electron chi connectivity index (χ2n) is 6.58. The molecule has 2 fully saturated rings. The molecular formula is C19H25N5O. The molecule has 6 nitrogen and oxygen atoms in total. The molecule has 2 saturated heterocycles. The largest absolute Gasteiger partial charge is 0.378 e. The van der Waals surface area contributed by atoms with E-state index < -0.39 is 0 Å². The number of hydrogen-bond acceptors (Lipinski definition) is 6.